The van der Waals surface area contributed by atoms with Crippen molar-refractivity contribution in [2.24, 2.45) is 5.41 Å². The first-order valence-electron chi connectivity index (χ1n) is 5.10. The lowest BCUT2D eigenvalue weighted by Gasteiger charge is -2.22. The van der Waals surface area contributed by atoms with Crippen LogP contribution in [0.3, 0.4) is 0 Å². The van der Waals surface area contributed by atoms with Gasteiger partial charge in [-0.05, 0) is 25.7 Å². The van der Waals surface area contributed by atoms with Crippen molar-refractivity contribution < 1.29 is 9.90 Å². The maximum atomic E-state index is 11.7. The monoisotopic (exact) mass is 185 g/mol. The molecule has 1 fully saturated rings. The molecular weight excluding hydrogens is 166 g/mol. The van der Waals surface area contributed by atoms with Gasteiger partial charge in [-0.25, -0.2) is 0 Å². The molecule has 0 radical (unpaired) electrons. The molecule has 3 heteroatoms. The molecule has 13 heavy (non-hydrogen) atoms. The van der Waals surface area contributed by atoms with Crippen molar-refractivity contribution in [1.82, 2.24) is 5.32 Å². The lowest BCUT2D eigenvalue weighted by atomic mass is 9.79. The second kappa shape index (κ2) is 4.09. The summed E-state index contributed by atoms with van der Waals surface area (Å²) in [6.45, 7) is 4.28. The van der Waals surface area contributed by atoms with E-state index in [1.807, 2.05) is 0 Å². The molecule has 0 aromatic carbocycles. The highest BCUT2D eigenvalue weighted by molar-refractivity contribution is 5.85. The van der Waals surface area contributed by atoms with Crippen LogP contribution in [0.25, 0.3) is 0 Å². The summed E-state index contributed by atoms with van der Waals surface area (Å²) in [6.07, 6.45) is 3.38. The van der Waals surface area contributed by atoms with Crippen LogP contribution in [0, 0.1) is 5.41 Å². The molecule has 0 aromatic rings. The minimum Gasteiger partial charge on any atom is -0.396 e. The van der Waals surface area contributed by atoms with E-state index in [9.17, 15) is 4.79 Å². The van der Waals surface area contributed by atoms with Crippen molar-refractivity contribution in [2.75, 3.05) is 6.61 Å². The maximum Gasteiger partial charge on any atom is 0.226 e. The molecule has 3 nitrogen and oxygen atoms in total. The third kappa shape index (κ3) is 1.85. The molecule has 0 spiro atoms. The Bertz CT molecular complexity index is 187. The number of aliphatic hydroxyl groups excluding tert-OH is 1. The van der Waals surface area contributed by atoms with Crippen molar-refractivity contribution in [3.05, 3.63) is 0 Å². The predicted octanol–water partition coefficient (Wildman–Crippen LogP) is 1.06. The van der Waals surface area contributed by atoms with Gasteiger partial charge in [0.15, 0.2) is 0 Å². The molecule has 1 atom stereocenters. The first-order chi connectivity index (χ1) is 6.18. The first-order valence-corrected chi connectivity index (χ1v) is 5.10. The zero-order chi connectivity index (χ0) is 9.90. The lowest BCUT2D eigenvalue weighted by Crippen LogP contribution is -2.31. The predicted molar refractivity (Wildman–Crippen MR) is 51.3 cm³/mol. The Morgan fingerprint density at radius 1 is 1.54 bits per heavy atom. The average molecular weight is 185 g/mol. The van der Waals surface area contributed by atoms with Gasteiger partial charge in [-0.1, -0.05) is 13.8 Å². The van der Waals surface area contributed by atoms with Crippen LogP contribution in [0.4, 0.5) is 0 Å². The van der Waals surface area contributed by atoms with Crippen molar-refractivity contribution >= 4 is 5.91 Å². The van der Waals surface area contributed by atoms with Crippen molar-refractivity contribution in [3.8, 4) is 0 Å². The molecule has 1 aliphatic rings. The van der Waals surface area contributed by atoms with Crippen LogP contribution >= 0.6 is 0 Å². The summed E-state index contributed by atoms with van der Waals surface area (Å²) in [5.41, 5.74) is -0.153. The van der Waals surface area contributed by atoms with Crippen molar-refractivity contribution in [1.29, 1.82) is 0 Å². The highest BCUT2D eigenvalue weighted by atomic mass is 16.3. The number of aliphatic hydroxyl groups is 1. The average Bonchev–Trinajstić information content (AvgIpc) is 2.44. The molecule has 0 unspecified atom stereocenters. The molecular formula is C10H19NO2. The summed E-state index contributed by atoms with van der Waals surface area (Å²) in [5, 5.41) is 11.7. The zero-order valence-corrected chi connectivity index (χ0v) is 8.47. The SMILES string of the molecule is CCC1(CC)C[C@H](CCO)NC1=O. The topological polar surface area (TPSA) is 49.3 Å². The minimum absolute atomic E-state index is 0.153. The van der Waals surface area contributed by atoms with E-state index in [4.69, 9.17) is 5.11 Å². The zero-order valence-electron chi connectivity index (χ0n) is 8.47. The van der Waals surface area contributed by atoms with E-state index in [2.05, 4.69) is 19.2 Å². The van der Waals surface area contributed by atoms with Gasteiger partial charge in [0, 0.05) is 12.6 Å². The van der Waals surface area contributed by atoms with Crippen molar-refractivity contribution in [2.45, 2.75) is 45.6 Å². The Hall–Kier alpha value is -0.570. The molecule has 1 aliphatic heterocycles. The summed E-state index contributed by atoms with van der Waals surface area (Å²) in [5.74, 6) is 0.177. The van der Waals surface area contributed by atoms with Crippen LogP contribution in [0.15, 0.2) is 0 Å². The number of amides is 1. The third-order valence-corrected chi connectivity index (χ3v) is 3.29. The van der Waals surface area contributed by atoms with Crippen LogP contribution in [-0.4, -0.2) is 23.7 Å². The van der Waals surface area contributed by atoms with E-state index in [1.165, 1.54) is 0 Å². The van der Waals surface area contributed by atoms with E-state index in [0.29, 0.717) is 6.42 Å². The summed E-state index contributed by atoms with van der Waals surface area (Å²) in [4.78, 5) is 11.7. The summed E-state index contributed by atoms with van der Waals surface area (Å²) in [7, 11) is 0. The number of carbonyl (C=O) groups is 1. The van der Waals surface area contributed by atoms with Crippen LogP contribution in [0.1, 0.15) is 39.5 Å². The highest BCUT2D eigenvalue weighted by Crippen LogP contribution is 2.37. The summed E-state index contributed by atoms with van der Waals surface area (Å²) in [6, 6.07) is 0.192. The van der Waals surface area contributed by atoms with E-state index >= 15 is 0 Å². The Balaban J connectivity index is 2.63. The molecule has 1 heterocycles. The maximum absolute atomic E-state index is 11.7. The molecule has 0 bridgehead atoms. The van der Waals surface area contributed by atoms with Crippen LogP contribution in [0.2, 0.25) is 0 Å². The molecule has 0 saturated carbocycles. The number of hydrogen-bond acceptors (Lipinski definition) is 2. The molecule has 0 aliphatic carbocycles. The number of carbonyl (C=O) groups excluding carboxylic acids is 1. The fraction of sp³-hybridized carbons (Fsp3) is 0.900. The largest absolute Gasteiger partial charge is 0.396 e. The first kappa shape index (κ1) is 10.5. The molecule has 2 N–H and O–H groups in total. The molecule has 1 saturated heterocycles. The third-order valence-electron chi connectivity index (χ3n) is 3.29. The fourth-order valence-electron chi connectivity index (χ4n) is 2.14. The lowest BCUT2D eigenvalue weighted by molar-refractivity contribution is -0.128. The van der Waals surface area contributed by atoms with Crippen LogP contribution in [0.5, 0.6) is 0 Å². The molecule has 1 amide bonds. The molecule has 76 valence electrons. The number of rotatable bonds is 4. The van der Waals surface area contributed by atoms with Crippen LogP contribution in [-0.2, 0) is 4.79 Å². The van der Waals surface area contributed by atoms with Gasteiger partial charge < -0.3 is 10.4 Å². The molecule has 1 rings (SSSR count). The summed E-state index contributed by atoms with van der Waals surface area (Å²) >= 11 is 0. The smallest absolute Gasteiger partial charge is 0.226 e. The quantitative estimate of drug-likeness (QED) is 0.688. The van der Waals surface area contributed by atoms with E-state index in [0.717, 1.165) is 19.3 Å². The Kier molecular flexibility index (Phi) is 3.31. The number of hydrogen-bond donors (Lipinski definition) is 2. The second-order valence-corrected chi connectivity index (χ2v) is 3.87. The van der Waals surface area contributed by atoms with E-state index in [1.54, 1.807) is 0 Å². The van der Waals surface area contributed by atoms with Gasteiger partial charge in [0.2, 0.25) is 5.91 Å². The van der Waals surface area contributed by atoms with E-state index < -0.39 is 0 Å². The fourth-order valence-corrected chi connectivity index (χ4v) is 2.14. The van der Waals surface area contributed by atoms with Gasteiger partial charge in [0.25, 0.3) is 0 Å². The molecule has 0 aromatic heterocycles. The van der Waals surface area contributed by atoms with Gasteiger partial charge in [0.1, 0.15) is 0 Å². The van der Waals surface area contributed by atoms with E-state index in [-0.39, 0.29) is 24.0 Å². The highest BCUT2D eigenvalue weighted by Gasteiger charge is 2.43. The van der Waals surface area contributed by atoms with Crippen LogP contribution < -0.4 is 5.32 Å². The van der Waals surface area contributed by atoms with Gasteiger partial charge in [-0.3, -0.25) is 4.79 Å². The standard InChI is InChI=1S/C10H19NO2/c1-3-10(4-2)7-8(5-6-12)11-9(10)13/h8,12H,3-7H2,1-2H3,(H,11,13)/t8-/m0/s1. The Labute approximate surface area is 79.5 Å². The Morgan fingerprint density at radius 3 is 2.54 bits per heavy atom. The Morgan fingerprint density at radius 2 is 2.15 bits per heavy atom. The van der Waals surface area contributed by atoms with Gasteiger partial charge in [-0.15, -0.1) is 0 Å². The minimum atomic E-state index is -0.153. The van der Waals surface area contributed by atoms with Gasteiger partial charge >= 0.3 is 0 Å². The van der Waals surface area contributed by atoms with Crippen molar-refractivity contribution in [3.63, 3.8) is 0 Å². The number of nitrogens with one attached hydrogen (secondary N) is 1. The second-order valence-electron chi connectivity index (χ2n) is 3.87. The van der Waals surface area contributed by atoms with Gasteiger partial charge in [0.05, 0.1) is 5.41 Å². The normalized spacial score (nSPS) is 26.1. The summed E-state index contributed by atoms with van der Waals surface area (Å²) < 4.78 is 0. The van der Waals surface area contributed by atoms with Gasteiger partial charge in [-0.2, -0.15) is 0 Å².